The van der Waals surface area contributed by atoms with E-state index in [1.165, 1.54) is 11.1 Å². The lowest BCUT2D eigenvalue weighted by Gasteiger charge is -2.08. The van der Waals surface area contributed by atoms with E-state index < -0.39 is 0 Å². The van der Waals surface area contributed by atoms with Gasteiger partial charge in [0.15, 0.2) is 5.90 Å². The summed E-state index contributed by atoms with van der Waals surface area (Å²) in [4.78, 5) is 4.69. The Labute approximate surface area is 110 Å². The van der Waals surface area contributed by atoms with Crippen LogP contribution in [0, 0.1) is 5.92 Å². The zero-order valence-electron chi connectivity index (χ0n) is 10.2. The fourth-order valence-electron chi connectivity index (χ4n) is 2.58. The first-order valence-electron chi connectivity index (χ1n) is 6.03. The van der Waals surface area contributed by atoms with Crippen LogP contribution in [-0.4, -0.2) is 18.0 Å². The van der Waals surface area contributed by atoms with Gasteiger partial charge < -0.3 is 4.74 Å². The van der Waals surface area contributed by atoms with Crippen LogP contribution in [0.1, 0.15) is 25.0 Å². The molecule has 0 saturated carbocycles. The first-order valence-corrected chi connectivity index (χ1v) is 6.83. The maximum atomic E-state index is 5.75. The van der Waals surface area contributed by atoms with E-state index in [1.54, 1.807) is 0 Å². The topological polar surface area (TPSA) is 21.6 Å². The number of hydrogen-bond acceptors (Lipinski definition) is 2. The van der Waals surface area contributed by atoms with Crippen molar-refractivity contribution in [2.75, 3.05) is 6.61 Å². The van der Waals surface area contributed by atoms with E-state index in [2.05, 4.69) is 48.0 Å². The molecule has 17 heavy (non-hydrogen) atoms. The number of hydrogen-bond donors (Lipinski definition) is 0. The fraction of sp³-hybridized carbons (Fsp3) is 0.500. The average Bonchev–Trinajstić information content (AvgIpc) is 2.80. The van der Waals surface area contributed by atoms with Crippen LogP contribution < -0.4 is 0 Å². The summed E-state index contributed by atoms with van der Waals surface area (Å²) in [5.74, 6) is 1.41. The molecule has 1 unspecified atom stereocenters. The lowest BCUT2D eigenvalue weighted by atomic mass is 10.1. The van der Waals surface area contributed by atoms with Crippen LogP contribution in [0.2, 0.25) is 0 Å². The van der Waals surface area contributed by atoms with Gasteiger partial charge in [-0.3, -0.25) is 0 Å². The second-order valence-electron chi connectivity index (χ2n) is 5.57. The number of halogens is 1. The van der Waals surface area contributed by atoms with Gasteiger partial charge in [-0.1, -0.05) is 22.0 Å². The molecule has 0 bridgehead atoms. The largest absolute Gasteiger partial charge is 0.478 e. The molecule has 90 valence electrons. The van der Waals surface area contributed by atoms with Crippen LogP contribution in [0.5, 0.6) is 0 Å². The summed E-state index contributed by atoms with van der Waals surface area (Å²) in [5.41, 5.74) is 2.83. The van der Waals surface area contributed by atoms with Crippen LogP contribution in [0.4, 0.5) is 0 Å². The molecule has 0 radical (unpaired) electrons. The van der Waals surface area contributed by atoms with E-state index in [0.29, 0.717) is 5.92 Å². The third-order valence-corrected chi connectivity index (χ3v) is 3.93. The van der Waals surface area contributed by atoms with Crippen molar-refractivity contribution >= 4 is 21.8 Å². The van der Waals surface area contributed by atoms with E-state index in [4.69, 9.17) is 9.73 Å². The van der Waals surface area contributed by atoms with Crippen LogP contribution in [0.25, 0.3) is 0 Å². The predicted octanol–water partition coefficient (Wildman–Crippen LogP) is 3.37. The Morgan fingerprint density at radius 3 is 2.76 bits per heavy atom. The molecule has 0 fully saturated rings. The van der Waals surface area contributed by atoms with Crippen molar-refractivity contribution in [2.24, 2.45) is 10.9 Å². The predicted molar refractivity (Wildman–Crippen MR) is 72.5 cm³/mol. The van der Waals surface area contributed by atoms with E-state index in [1.807, 2.05) is 0 Å². The quantitative estimate of drug-likeness (QED) is 0.778. The zero-order valence-corrected chi connectivity index (χ0v) is 11.8. The second kappa shape index (κ2) is 3.84. The molecule has 1 aliphatic heterocycles. The van der Waals surface area contributed by atoms with E-state index in [-0.39, 0.29) is 5.54 Å². The summed E-state index contributed by atoms with van der Waals surface area (Å²) in [5, 5.41) is 0. The third kappa shape index (κ3) is 2.13. The van der Waals surface area contributed by atoms with Gasteiger partial charge in [-0.05, 0) is 49.9 Å². The maximum Gasteiger partial charge on any atom is 0.187 e. The number of benzene rings is 1. The highest BCUT2D eigenvalue weighted by molar-refractivity contribution is 9.10. The normalized spacial score (nSPS) is 25.4. The summed E-state index contributed by atoms with van der Waals surface area (Å²) in [6.45, 7) is 4.97. The first-order chi connectivity index (χ1) is 8.03. The Hall–Kier alpha value is -0.830. The summed E-state index contributed by atoms with van der Waals surface area (Å²) >= 11 is 3.52. The number of rotatable bonds is 1. The minimum absolute atomic E-state index is 0.0370. The summed E-state index contributed by atoms with van der Waals surface area (Å²) in [6, 6.07) is 6.54. The van der Waals surface area contributed by atoms with Gasteiger partial charge in [-0.15, -0.1) is 0 Å². The molecule has 0 aromatic heterocycles. The van der Waals surface area contributed by atoms with Crippen molar-refractivity contribution in [2.45, 2.75) is 32.2 Å². The van der Waals surface area contributed by atoms with Crippen molar-refractivity contribution in [3.8, 4) is 0 Å². The SMILES string of the molecule is CC1(C)COC(C2Cc3ccc(Br)cc3C2)=N1. The molecular formula is C14H16BrNO. The smallest absolute Gasteiger partial charge is 0.187 e. The van der Waals surface area contributed by atoms with Gasteiger partial charge >= 0.3 is 0 Å². The minimum atomic E-state index is -0.0370. The van der Waals surface area contributed by atoms with Crippen molar-refractivity contribution < 1.29 is 4.74 Å². The van der Waals surface area contributed by atoms with Crippen molar-refractivity contribution in [1.29, 1.82) is 0 Å². The van der Waals surface area contributed by atoms with Gasteiger partial charge in [0.2, 0.25) is 0 Å². The molecular weight excluding hydrogens is 278 g/mol. The molecule has 1 atom stereocenters. The Bertz CT molecular complexity index is 493. The molecule has 1 aliphatic carbocycles. The lowest BCUT2D eigenvalue weighted by molar-refractivity contribution is 0.265. The summed E-state index contributed by atoms with van der Waals surface area (Å²) < 4.78 is 6.91. The van der Waals surface area contributed by atoms with E-state index >= 15 is 0 Å². The van der Waals surface area contributed by atoms with Crippen LogP contribution >= 0.6 is 15.9 Å². The third-order valence-electron chi connectivity index (χ3n) is 3.44. The van der Waals surface area contributed by atoms with E-state index in [9.17, 15) is 0 Å². The van der Waals surface area contributed by atoms with E-state index in [0.717, 1.165) is 29.8 Å². The maximum absolute atomic E-state index is 5.75. The summed E-state index contributed by atoms with van der Waals surface area (Å²) in [6.07, 6.45) is 2.13. The van der Waals surface area contributed by atoms with Crippen molar-refractivity contribution in [1.82, 2.24) is 0 Å². The van der Waals surface area contributed by atoms with Gasteiger partial charge in [0.1, 0.15) is 6.61 Å². The van der Waals surface area contributed by atoms with Gasteiger partial charge in [0.25, 0.3) is 0 Å². The molecule has 0 N–H and O–H groups in total. The number of aliphatic imine (C=N–C) groups is 1. The Morgan fingerprint density at radius 2 is 2.06 bits per heavy atom. The van der Waals surface area contributed by atoms with Gasteiger partial charge in [-0.25, -0.2) is 4.99 Å². The molecule has 3 rings (SSSR count). The fourth-order valence-corrected chi connectivity index (χ4v) is 2.99. The second-order valence-corrected chi connectivity index (χ2v) is 6.49. The zero-order chi connectivity index (χ0) is 12.0. The molecule has 2 aliphatic rings. The van der Waals surface area contributed by atoms with Crippen LogP contribution in [0.15, 0.2) is 27.7 Å². The molecule has 1 aromatic rings. The van der Waals surface area contributed by atoms with Crippen LogP contribution in [0.3, 0.4) is 0 Å². The molecule has 3 heteroatoms. The number of nitrogens with zero attached hydrogens (tertiary/aromatic N) is 1. The Kier molecular flexibility index (Phi) is 2.54. The molecule has 1 heterocycles. The monoisotopic (exact) mass is 293 g/mol. The lowest BCUT2D eigenvalue weighted by Crippen LogP contribution is -2.17. The molecule has 2 nitrogen and oxygen atoms in total. The average molecular weight is 294 g/mol. The highest BCUT2D eigenvalue weighted by atomic mass is 79.9. The number of fused-ring (bicyclic) bond motifs is 1. The summed E-state index contributed by atoms with van der Waals surface area (Å²) in [7, 11) is 0. The highest BCUT2D eigenvalue weighted by Crippen LogP contribution is 2.32. The molecule has 0 saturated heterocycles. The van der Waals surface area contributed by atoms with Crippen molar-refractivity contribution in [3.63, 3.8) is 0 Å². The van der Waals surface area contributed by atoms with Crippen LogP contribution in [-0.2, 0) is 17.6 Å². The molecule has 1 aromatic carbocycles. The van der Waals surface area contributed by atoms with Gasteiger partial charge in [-0.2, -0.15) is 0 Å². The molecule has 0 amide bonds. The number of ether oxygens (including phenoxy) is 1. The highest BCUT2D eigenvalue weighted by Gasteiger charge is 2.34. The minimum Gasteiger partial charge on any atom is -0.478 e. The first kappa shape index (κ1) is 11.3. The van der Waals surface area contributed by atoms with Gasteiger partial charge in [0.05, 0.1) is 5.54 Å². The Morgan fingerprint density at radius 1 is 1.29 bits per heavy atom. The van der Waals surface area contributed by atoms with Gasteiger partial charge in [0, 0.05) is 10.4 Å². The Balaban J connectivity index is 1.83. The standard InChI is InChI=1S/C14H16BrNO/c1-14(2)8-17-13(16-14)11-5-9-3-4-12(15)7-10(9)6-11/h3-4,7,11H,5-6,8H2,1-2H3. The molecule has 0 spiro atoms. The van der Waals surface area contributed by atoms with Crippen molar-refractivity contribution in [3.05, 3.63) is 33.8 Å².